The van der Waals surface area contributed by atoms with E-state index in [1.54, 1.807) is 24.3 Å². The summed E-state index contributed by atoms with van der Waals surface area (Å²) >= 11 is 0. The van der Waals surface area contributed by atoms with E-state index in [1.165, 1.54) is 20.3 Å². The van der Waals surface area contributed by atoms with Crippen molar-refractivity contribution in [1.82, 2.24) is 9.13 Å². The predicted octanol–water partition coefficient (Wildman–Crippen LogP) is 1.50. The summed E-state index contributed by atoms with van der Waals surface area (Å²) in [7, 11) is 2.67. The fourth-order valence-electron chi connectivity index (χ4n) is 2.13. The highest BCUT2D eigenvalue weighted by Crippen LogP contribution is 2.15. The van der Waals surface area contributed by atoms with Crippen molar-refractivity contribution in [3.63, 3.8) is 0 Å². The summed E-state index contributed by atoms with van der Waals surface area (Å²) in [6.07, 6.45) is 1.75. The number of carbonyl (C=O) groups is 1. The first-order valence-corrected chi connectivity index (χ1v) is 8.10. The fourth-order valence-corrected chi connectivity index (χ4v) is 2.13. The molecule has 1 N–H and O–H groups in total. The number of hydrogen-bond donors (Lipinski definition) is 1. The molecule has 1 atom stereocenters. The molecule has 2 aromatic rings. The van der Waals surface area contributed by atoms with E-state index in [2.05, 4.69) is 4.99 Å². The van der Waals surface area contributed by atoms with Gasteiger partial charge in [-0.25, -0.2) is 9.59 Å². The Bertz CT molecular complexity index is 955. The third-order valence-corrected chi connectivity index (χ3v) is 4.00. The van der Waals surface area contributed by atoms with Crippen LogP contribution in [-0.2, 0) is 18.8 Å². The lowest BCUT2D eigenvalue weighted by Gasteiger charge is -2.10. The maximum Gasteiger partial charge on any atom is 0.338 e. The molecule has 1 aromatic heterocycles. The number of rotatable bonds is 5. The van der Waals surface area contributed by atoms with Gasteiger partial charge in [-0.2, -0.15) is 0 Å². The summed E-state index contributed by atoms with van der Waals surface area (Å²) in [6.45, 7) is 3.74. The fraction of sp³-hybridized carbons (Fsp3) is 0.333. The molecule has 0 aliphatic carbocycles. The van der Waals surface area contributed by atoms with Gasteiger partial charge >= 0.3 is 11.7 Å². The van der Waals surface area contributed by atoms with Gasteiger partial charge in [0.2, 0.25) is 5.88 Å². The molecule has 1 unspecified atom stereocenters. The lowest BCUT2D eigenvalue weighted by atomic mass is 10.2. The molecule has 0 fully saturated rings. The van der Waals surface area contributed by atoms with Crippen LogP contribution in [0.5, 0.6) is 5.88 Å². The molecule has 0 aliphatic heterocycles. The molecule has 1 aromatic carbocycles. The van der Waals surface area contributed by atoms with E-state index < -0.39 is 23.1 Å². The molecule has 2 rings (SSSR count). The molecule has 0 amide bonds. The van der Waals surface area contributed by atoms with Crippen molar-refractivity contribution < 1.29 is 14.6 Å². The third-order valence-electron chi connectivity index (χ3n) is 4.00. The quantitative estimate of drug-likeness (QED) is 0.644. The zero-order chi connectivity index (χ0) is 19.4. The van der Waals surface area contributed by atoms with Gasteiger partial charge in [-0.15, -0.1) is 0 Å². The molecule has 0 bridgehead atoms. The number of esters is 1. The largest absolute Gasteiger partial charge is 0.494 e. The molecule has 0 saturated carbocycles. The SMILES string of the molecule is CCC(C)OC(=O)c1ccc(N=Cc2c(O)n(C)c(=O)n(C)c2=O)cc1. The Balaban J connectivity index is 2.26. The minimum atomic E-state index is -0.650. The molecule has 0 radical (unpaired) electrons. The van der Waals surface area contributed by atoms with Gasteiger partial charge in [0.25, 0.3) is 5.56 Å². The van der Waals surface area contributed by atoms with E-state index in [0.29, 0.717) is 11.3 Å². The van der Waals surface area contributed by atoms with Crippen molar-refractivity contribution in [3.8, 4) is 5.88 Å². The van der Waals surface area contributed by atoms with E-state index in [0.717, 1.165) is 15.6 Å². The van der Waals surface area contributed by atoms with Crippen molar-refractivity contribution in [3.05, 3.63) is 56.2 Å². The van der Waals surface area contributed by atoms with E-state index >= 15 is 0 Å². The van der Waals surface area contributed by atoms with Crippen LogP contribution in [0.15, 0.2) is 38.8 Å². The maximum atomic E-state index is 12.1. The van der Waals surface area contributed by atoms with Gasteiger partial charge in [-0.05, 0) is 37.6 Å². The molecular weight excluding hydrogens is 338 g/mol. The van der Waals surface area contributed by atoms with Crippen molar-refractivity contribution >= 4 is 17.9 Å². The molecule has 0 saturated heterocycles. The zero-order valence-corrected chi connectivity index (χ0v) is 15.1. The van der Waals surface area contributed by atoms with Crippen molar-refractivity contribution in [2.24, 2.45) is 19.1 Å². The highest BCUT2D eigenvalue weighted by molar-refractivity contribution is 5.90. The summed E-state index contributed by atoms with van der Waals surface area (Å²) in [4.78, 5) is 39.9. The molecule has 0 spiro atoms. The molecule has 138 valence electrons. The van der Waals surface area contributed by atoms with Crippen molar-refractivity contribution in [2.75, 3.05) is 0 Å². The number of aliphatic imine (C=N–C) groups is 1. The molecule has 8 heteroatoms. The van der Waals surface area contributed by atoms with E-state index in [9.17, 15) is 19.5 Å². The van der Waals surface area contributed by atoms with Crippen LogP contribution in [-0.4, -0.2) is 32.5 Å². The normalized spacial score (nSPS) is 12.3. The number of hydrogen-bond acceptors (Lipinski definition) is 6. The van der Waals surface area contributed by atoms with Crippen molar-refractivity contribution in [2.45, 2.75) is 26.4 Å². The molecule has 1 heterocycles. The maximum absolute atomic E-state index is 12.1. The third kappa shape index (κ3) is 3.90. The van der Waals surface area contributed by atoms with Gasteiger partial charge in [0.05, 0.1) is 17.4 Å². The molecule has 26 heavy (non-hydrogen) atoms. The summed E-state index contributed by atoms with van der Waals surface area (Å²) in [5.41, 5.74) is -0.516. The number of carbonyl (C=O) groups excluding carboxylic acids is 1. The van der Waals surface area contributed by atoms with Crippen LogP contribution in [0.1, 0.15) is 36.2 Å². The molecular formula is C18H21N3O5. The van der Waals surface area contributed by atoms with E-state index in [4.69, 9.17) is 4.74 Å². The average Bonchev–Trinajstić information content (AvgIpc) is 2.65. The van der Waals surface area contributed by atoms with Gasteiger partial charge in [0.15, 0.2) is 0 Å². The number of ether oxygens (including phenoxy) is 1. The van der Waals surface area contributed by atoms with Crippen LogP contribution in [0.4, 0.5) is 5.69 Å². The monoisotopic (exact) mass is 359 g/mol. The first-order chi connectivity index (χ1) is 12.3. The Hall–Kier alpha value is -3.16. The van der Waals surface area contributed by atoms with Gasteiger partial charge < -0.3 is 9.84 Å². The van der Waals surface area contributed by atoms with E-state index in [-0.39, 0.29) is 11.7 Å². The standard InChI is InChI=1S/C18H21N3O5/c1-5-11(2)26-17(24)12-6-8-13(9-7-12)19-10-14-15(22)20(3)18(25)21(4)16(14)23/h6-11,22H,5H2,1-4H3. The van der Waals surface area contributed by atoms with Crippen LogP contribution < -0.4 is 11.2 Å². The van der Waals surface area contributed by atoms with Crippen LogP contribution >= 0.6 is 0 Å². The van der Waals surface area contributed by atoms with Gasteiger partial charge in [0, 0.05) is 20.3 Å². The smallest absolute Gasteiger partial charge is 0.338 e. The number of nitrogens with zero attached hydrogens (tertiary/aromatic N) is 3. The summed E-state index contributed by atoms with van der Waals surface area (Å²) in [6, 6.07) is 6.31. The van der Waals surface area contributed by atoms with Gasteiger partial charge in [-0.1, -0.05) is 6.92 Å². The van der Waals surface area contributed by atoms with Gasteiger partial charge in [0.1, 0.15) is 5.56 Å². The van der Waals surface area contributed by atoms with Crippen LogP contribution in [0, 0.1) is 0 Å². The second-order valence-electron chi connectivity index (χ2n) is 5.87. The summed E-state index contributed by atoms with van der Waals surface area (Å²) in [5, 5.41) is 9.98. The average molecular weight is 359 g/mol. The first kappa shape index (κ1) is 19.2. The van der Waals surface area contributed by atoms with E-state index in [1.807, 2.05) is 13.8 Å². The molecule has 8 nitrogen and oxygen atoms in total. The minimum Gasteiger partial charge on any atom is -0.494 e. The Morgan fingerprint density at radius 1 is 1.23 bits per heavy atom. The number of aromatic nitrogens is 2. The number of aromatic hydroxyl groups is 1. The zero-order valence-electron chi connectivity index (χ0n) is 15.1. The van der Waals surface area contributed by atoms with Crippen LogP contribution in [0.2, 0.25) is 0 Å². The summed E-state index contributed by atoms with van der Waals surface area (Å²) in [5.74, 6) is -0.880. The highest BCUT2D eigenvalue weighted by atomic mass is 16.5. The van der Waals surface area contributed by atoms with Crippen LogP contribution in [0.3, 0.4) is 0 Å². The molecule has 0 aliphatic rings. The van der Waals surface area contributed by atoms with Crippen LogP contribution in [0.25, 0.3) is 0 Å². The lowest BCUT2D eigenvalue weighted by molar-refractivity contribution is 0.0334. The summed E-state index contributed by atoms with van der Waals surface area (Å²) < 4.78 is 7.08. The Morgan fingerprint density at radius 2 is 1.85 bits per heavy atom. The Morgan fingerprint density at radius 3 is 2.42 bits per heavy atom. The van der Waals surface area contributed by atoms with Crippen molar-refractivity contribution in [1.29, 1.82) is 0 Å². The number of benzene rings is 1. The Kier molecular flexibility index (Phi) is 5.76. The first-order valence-electron chi connectivity index (χ1n) is 8.10. The Labute approximate surface area is 150 Å². The predicted molar refractivity (Wildman–Crippen MR) is 97.5 cm³/mol. The lowest BCUT2D eigenvalue weighted by Crippen LogP contribution is -2.38. The topological polar surface area (TPSA) is 103 Å². The minimum absolute atomic E-state index is 0.102. The van der Waals surface area contributed by atoms with Gasteiger partial charge in [-0.3, -0.25) is 18.9 Å². The highest BCUT2D eigenvalue weighted by Gasteiger charge is 2.13. The second kappa shape index (κ2) is 7.81. The second-order valence-corrected chi connectivity index (χ2v) is 5.87.